The van der Waals surface area contributed by atoms with E-state index in [-0.39, 0.29) is 30.4 Å². The Balaban J connectivity index is 1.59. The lowest BCUT2D eigenvalue weighted by Gasteiger charge is -2.19. The molecule has 0 aliphatic rings. The average Bonchev–Trinajstić information content (AvgIpc) is 3.26. The normalized spacial score (nSPS) is 11.6. The van der Waals surface area contributed by atoms with Gasteiger partial charge in [0.1, 0.15) is 0 Å². The summed E-state index contributed by atoms with van der Waals surface area (Å²) in [6.07, 6.45) is 1.51. The molecule has 2 aromatic carbocycles. The fraction of sp³-hybridized carbons (Fsp3) is 0.208. The zero-order valence-electron chi connectivity index (χ0n) is 17.9. The molecule has 0 N–H and O–H groups in total. The summed E-state index contributed by atoms with van der Waals surface area (Å²) >= 11 is 7.67. The van der Waals surface area contributed by atoms with Crippen LogP contribution in [0.2, 0.25) is 5.02 Å². The van der Waals surface area contributed by atoms with E-state index >= 15 is 0 Å². The maximum absolute atomic E-state index is 13.3. The summed E-state index contributed by atoms with van der Waals surface area (Å²) in [5.74, 6) is -0.674. The van der Waals surface area contributed by atoms with Gasteiger partial charge in [0.25, 0.3) is 0 Å². The van der Waals surface area contributed by atoms with E-state index in [2.05, 4.69) is 9.97 Å². The van der Waals surface area contributed by atoms with Crippen LogP contribution in [-0.2, 0) is 26.9 Å². The summed E-state index contributed by atoms with van der Waals surface area (Å²) in [5.41, 5.74) is 3.07. The largest absolute Gasteiger partial charge is 0.282 e. The van der Waals surface area contributed by atoms with Crippen molar-refractivity contribution < 1.29 is 13.2 Å². The Bertz CT molecular complexity index is 1340. The molecule has 0 atom stereocenters. The highest BCUT2D eigenvalue weighted by atomic mass is 35.5. The van der Waals surface area contributed by atoms with Gasteiger partial charge >= 0.3 is 0 Å². The summed E-state index contributed by atoms with van der Waals surface area (Å²) in [4.78, 5) is 23.7. The Morgan fingerprint density at radius 1 is 1.06 bits per heavy atom. The second-order valence-electron chi connectivity index (χ2n) is 7.67. The van der Waals surface area contributed by atoms with Gasteiger partial charge in [-0.3, -0.25) is 14.7 Å². The zero-order chi connectivity index (χ0) is 23.4. The zero-order valence-corrected chi connectivity index (χ0v) is 20.3. The molecule has 170 valence electrons. The average molecular weight is 500 g/mol. The van der Waals surface area contributed by atoms with Crippen LogP contribution >= 0.6 is 22.9 Å². The fourth-order valence-electron chi connectivity index (χ4n) is 3.40. The Hall–Kier alpha value is -2.81. The van der Waals surface area contributed by atoms with Crippen LogP contribution in [0.3, 0.4) is 0 Å². The molecule has 2 heterocycles. The van der Waals surface area contributed by atoms with E-state index < -0.39 is 9.84 Å². The first-order chi connectivity index (χ1) is 15.8. The third-order valence-corrected chi connectivity index (χ3v) is 8.26. The number of sulfone groups is 1. The van der Waals surface area contributed by atoms with E-state index in [4.69, 9.17) is 11.6 Å². The number of benzene rings is 2. The molecule has 0 unspecified atom stereocenters. The van der Waals surface area contributed by atoms with Gasteiger partial charge in [0, 0.05) is 12.6 Å². The number of hydrogen-bond acceptors (Lipinski definition) is 6. The summed E-state index contributed by atoms with van der Waals surface area (Å²) in [5, 5.41) is 1.03. The number of halogens is 1. The van der Waals surface area contributed by atoms with Crippen molar-refractivity contribution in [3.63, 3.8) is 0 Å². The molecular weight excluding hydrogens is 478 g/mol. The predicted octanol–water partition coefficient (Wildman–Crippen LogP) is 5.19. The van der Waals surface area contributed by atoms with Gasteiger partial charge in [0.15, 0.2) is 15.0 Å². The van der Waals surface area contributed by atoms with Gasteiger partial charge in [-0.2, -0.15) is 0 Å². The molecule has 9 heteroatoms. The molecule has 0 aliphatic heterocycles. The number of nitrogens with zero attached hydrogens (tertiary/aromatic N) is 3. The van der Waals surface area contributed by atoms with Crippen LogP contribution in [-0.4, -0.2) is 30.0 Å². The summed E-state index contributed by atoms with van der Waals surface area (Å²) < 4.78 is 26.1. The molecule has 0 saturated carbocycles. The highest BCUT2D eigenvalue weighted by molar-refractivity contribution is 7.90. The van der Waals surface area contributed by atoms with Gasteiger partial charge in [0.2, 0.25) is 5.91 Å². The molecule has 0 radical (unpaired) electrons. The van der Waals surface area contributed by atoms with Crippen LogP contribution in [0.5, 0.6) is 0 Å². The van der Waals surface area contributed by atoms with Crippen molar-refractivity contribution in [2.75, 3.05) is 10.7 Å². The topological polar surface area (TPSA) is 80.2 Å². The van der Waals surface area contributed by atoms with Gasteiger partial charge in [-0.25, -0.2) is 13.4 Å². The number of thiazole rings is 1. The van der Waals surface area contributed by atoms with E-state index in [1.54, 1.807) is 36.5 Å². The number of carbonyl (C=O) groups excluding carboxylic acids is 1. The monoisotopic (exact) mass is 499 g/mol. The lowest BCUT2D eigenvalue weighted by molar-refractivity contribution is -0.118. The molecular formula is C24H22ClN3O3S2. The Morgan fingerprint density at radius 2 is 1.82 bits per heavy atom. The van der Waals surface area contributed by atoms with Crippen molar-refractivity contribution in [1.82, 2.24) is 9.97 Å². The first-order valence-electron chi connectivity index (χ1n) is 10.3. The SMILES string of the molecule is Cc1ccc(Cl)c2sc(N(Cc3ccccn3)C(=O)CCS(=O)(=O)Cc3ccccc3)nc12. The maximum Gasteiger partial charge on any atom is 0.230 e. The minimum Gasteiger partial charge on any atom is -0.282 e. The fourth-order valence-corrected chi connectivity index (χ4v) is 6.06. The first-order valence-corrected chi connectivity index (χ1v) is 13.3. The standard InChI is InChI=1S/C24H22ClN3O3S2/c1-17-10-11-20(25)23-22(17)27-24(32-23)28(15-19-9-5-6-13-26-19)21(29)12-14-33(30,31)16-18-7-3-2-4-8-18/h2-11,13H,12,14-16H2,1H3. The van der Waals surface area contributed by atoms with Crippen molar-refractivity contribution in [3.8, 4) is 0 Å². The van der Waals surface area contributed by atoms with Gasteiger partial charge < -0.3 is 0 Å². The molecule has 33 heavy (non-hydrogen) atoms. The quantitative estimate of drug-likeness (QED) is 0.333. The Kier molecular flexibility index (Phi) is 7.07. The molecule has 2 aromatic heterocycles. The highest BCUT2D eigenvalue weighted by Crippen LogP contribution is 2.36. The third kappa shape index (κ3) is 5.76. The maximum atomic E-state index is 13.3. The van der Waals surface area contributed by atoms with E-state index in [1.807, 2.05) is 37.3 Å². The van der Waals surface area contributed by atoms with Crippen LogP contribution in [0, 0.1) is 6.92 Å². The Labute approximate surface area is 201 Å². The van der Waals surface area contributed by atoms with Crippen LogP contribution in [0.15, 0.2) is 66.9 Å². The Morgan fingerprint density at radius 3 is 2.52 bits per heavy atom. The number of rotatable bonds is 8. The van der Waals surface area contributed by atoms with Gasteiger partial charge in [-0.05, 0) is 36.2 Å². The number of anilines is 1. The van der Waals surface area contributed by atoms with E-state index in [0.29, 0.717) is 21.4 Å². The number of amides is 1. The number of aromatic nitrogens is 2. The van der Waals surface area contributed by atoms with E-state index in [9.17, 15) is 13.2 Å². The van der Waals surface area contributed by atoms with Crippen LogP contribution in [0.4, 0.5) is 5.13 Å². The second kappa shape index (κ2) is 9.99. The molecule has 6 nitrogen and oxygen atoms in total. The molecule has 0 saturated heterocycles. The number of aryl methyl sites for hydroxylation is 1. The predicted molar refractivity (Wildman–Crippen MR) is 133 cm³/mol. The smallest absolute Gasteiger partial charge is 0.230 e. The van der Waals surface area contributed by atoms with Crippen LogP contribution < -0.4 is 4.90 Å². The third-order valence-electron chi connectivity index (χ3n) is 5.12. The minimum atomic E-state index is -3.46. The minimum absolute atomic E-state index is 0.0999. The number of fused-ring (bicyclic) bond motifs is 1. The van der Waals surface area contributed by atoms with Gasteiger partial charge in [0.05, 0.1) is 39.0 Å². The number of hydrogen-bond donors (Lipinski definition) is 0. The molecule has 4 aromatic rings. The van der Waals surface area contributed by atoms with Crippen molar-refractivity contribution in [2.24, 2.45) is 0 Å². The lowest BCUT2D eigenvalue weighted by Crippen LogP contribution is -2.32. The summed E-state index contributed by atoms with van der Waals surface area (Å²) in [6.45, 7) is 2.12. The molecule has 0 fully saturated rings. The second-order valence-corrected chi connectivity index (χ2v) is 11.2. The van der Waals surface area contributed by atoms with Crippen molar-refractivity contribution in [3.05, 3.63) is 88.7 Å². The van der Waals surface area contributed by atoms with Crippen LogP contribution in [0.25, 0.3) is 10.2 Å². The number of pyridine rings is 1. The molecule has 0 spiro atoms. The lowest BCUT2D eigenvalue weighted by atomic mass is 10.2. The number of carbonyl (C=O) groups is 1. The van der Waals surface area contributed by atoms with E-state index in [0.717, 1.165) is 15.8 Å². The van der Waals surface area contributed by atoms with Gasteiger partial charge in [-0.1, -0.05) is 65.4 Å². The molecule has 0 bridgehead atoms. The van der Waals surface area contributed by atoms with Gasteiger partial charge in [-0.15, -0.1) is 0 Å². The van der Waals surface area contributed by atoms with Crippen molar-refractivity contribution in [1.29, 1.82) is 0 Å². The molecule has 1 amide bonds. The van der Waals surface area contributed by atoms with E-state index in [1.165, 1.54) is 16.2 Å². The highest BCUT2D eigenvalue weighted by Gasteiger charge is 2.24. The first kappa shape index (κ1) is 23.4. The summed E-state index contributed by atoms with van der Waals surface area (Å²) in [7, 11) is -3.46. The van der Waals surface area contributed by atoms with Crippen LogP contribution in [0.1, 0.15) is 23.2 Å². The summed E-state index contributed by atoms with van der Waals surface area (Å²) in [6, 6.07) is 18.1. The van der Waals surface area contributed by atoms with Crippen molar-refractivity contribution >= 4 is 54.0 Å². The molecule has 4 rings (SSSR count). The van der Waals surface area contributed by atoms with Crippen molar-refractivity contribution in [2.45, 2.75) is 25.6 Å². The molecule has 0 aliphatic carbocycles.